The summed E-state index contributed by atoms with van der Waals surface area (Å²) in [7, 11) is 1.54. The summed E-state index contributed by atoms with van der Waals surface area (Å²) in [5, 5.41) is 11.2. The lowest BCUT2D eigenvalue weighted by Gasteiger charge is -2.03. The van der Waals surface area contributed by atoms with E-state index in [-0.39, 0.29) is 9.20 Å². The molecule has 0 spiro atoms. The molecule has 1 aromatic heterocycles. The standard InChI is InChI=1S/C14H12N2O5S/c1-21-9-4-2-8(3-5-9)15-11(17)7-12-16-14(20)10(22-12)6-13(18)19/h2-7H,1H3,(H,15,17)(H,16,20)(H,18,19). The Kier molecular flexibility index (Phi) is 4.74. The Bertz CT molecular complexity index is 864. The maximum Gasteiger partial charge on any atom is 0.329 e. The quantitative estimate of drug-likeness (QED) is 0.718. The predicted molar refractivity (Wildman–Crippen MR) is 82.4 cm³/mol. The van der Waals surface area contributed by atoms with Crippen molar-refractivity contribution in [1.29, 1.82) is 0 Å². The van der Waals surface area contributed by atoms with Crippen LogP contribution >= 0.6 is 11.3 Å². The van der Waals surface area contributed by atoms with Crippen LogP contribution in [0.4, 0.5) is 5.69 Å². The van der Waals surface area contributed by atoms with Gasteiger partial charge in [0.15, 0.2) is 0 Å². The second kappa shape index (κ2) is 6.72. The molecule has 22 heavy (non-hydrogen) atoms. The van der Waals surface area contributed by atoms with Crippen molar-refractivity contribution in [2.45, 2.75) is 0 Å². The number of anilines is 1. The van der Waals surface area contributed by atoms with Crippen molar-refractivity contribution in [3.8, 4) is 5.75 Å². The number of methoxy groups -OCH3 is 1. The molecule has 0 aliphatic heterocycles. The zero-order valence-electron chi connectivity index (χ0n) is 11.5. The lowest BCUT2D eigenvalue weighted by atomic mass is 10.3. The Balaban J connectivity index is 2.20. The third-order valence-electron chi connectivity index (χ3n) is 2.55. The number of carboxylic acid groups (broad SMARTS) is 1. The van der Waals surface area contributed by atoms with E-state index in [0.29, 0.717) is 11.4 Å². The summed E-state index contributed by atoms with van der Waals surface area (Å²) in [4.78, 5) is 36.3. The maximum atomic E-state index is 11.8. The zero-order valence-corrected chi connectivity index (χ0v) is 12.3. The van der Waals surface area contributed by atoms with E-state index < -0.39 is 17.4 Å². The fourth-order valence-corrected chi connectivity index (χ4v) is 2.46. The zero-order chi connectivity index (χ0) is 16.1. The predicted octanol–water partition coefficient (Wildman–Crippen LogP) is -0.271. The molecular weight excluding hydrogens is 308 g/mol. The molecular formula is C14H12N2O5S. The Morgan fingerprint density at radius 3 is 2.55 bits per heavy atom. The number of hydrogen-bond acceptors (Lipinski definition) is 5. The molecule has 1 heterocycles. The Morgan fingerprint density at radius 2 is 1.95 bits per heavy atom. The van der Waals surface area contributed by atoms with Crippen molar-refractivity contribution in [3.63, 3.8) is 0 Å². The highest BCUT2D eigenvalue weighted by Crippen LogP contribution is 2.14. The number of carbonyl (C=O) groups is 2. The van der Waals surface area contributed by atoms with Crippen molar-refractivity contribution in [1.82, 2.24) is 4.98 Å². The summed E-state index contributed by atoms with van der Waals surface area (Å²) in [5.74, 6) is -0.996. The van der Waals surface area contributed by atoms with Crippen molar-refractivity contribution in [2.24, 2.45) is 0 Å². The molecule has 0 atom stereocenters. The molecule has 0 unspecified atom stereocenters. The molecule has 114 valence electrons. The Hall–Kier alpha value is -2.87. The number of amides is 1. The third-order valence-corrected chi connectivity index (χ3v) is 3.52. The molecule has 0 radical (unpaired) electrons. The molecule has 0 saturated heterocycles. The molecule has 0 fully saturated rings. The van der Waals surface area contributed by atoms with Gasteiger partial charge in [-0.05, 0) is 24.3 Å². The van der Waals surface area contributed by atoms with E-state index in [0.717, 1.165) is 17.4 Å². The summed E-state index contributed by atoms with van der Waals surface area (Å²) < 4.78 is 5.30. The van der Waals surface area contributed by atoms with Gasteiger partial charge in [-0.2, -0.15) is 0 Å². The fraction of sp³-hybridized carbons (Fsp3) is 0.0714. The van der Waals surface area contributed by atoms with Crippen LogP contribution in [0.25, 0.3) is 12.2 Å². The molecule has 3 N–H and O–H groups in total. The number of carbonyl (C=O) groups excluding carboxylic acids is 1. The average Bonchev–Trinajstić information content (AvgIpc) is 2.78. The topological polar surface area (TPSA) is 108 Å². The van der Waals surface area contributed by atoms with E-state index >= 15 is 0 Å². The van der Waals surface area contributed by atoms with Crippen molar-refractivity contribution in [3.05, 3.63) is 43.8 Å². The number of aromatic nitrogens is 1. The molecule has 0 bridgehead atoms. The monoisotopic (exact) mass is 320 g/mol. The van der Waals surface area contributed by atoms with Gasteiger partial charge in [0.2, 0.25) is 0 Å². The first-order valence-electron chi connectivity index (χ1n) is 6.08. The molecule has 2 rings (SSSR count). The Labute approximate surface area is 128 Å². The largest absolute Gasteiger partial charge is 0.497 e. The van der Waals surface area contributed by atoms with Gasteiger partial charge < -0.3 is 20.1 Å². The van der Waals surface area contributed by atoms with Gasteiger partial charge in [0.1, 0.15) is 14.9 Å². The van der Waals surface area contributed by atoms with Crippen LogP contribution in [0.15, 0.2) is 29.1 Å². The van der Waals surface area contributed by atoms with Crippen molar-refractivity contribution < 1.29 is 19.4 Å². The van der Waals surface area contributed by atoms with Gasteiger partial charge in [-0.3, -0.25) is 9.59 Å². The van der Waals surface area contributed by atoms with Gasteiger partial charge in [0.25, 0.3) is 11.5 Å². The number of thiazole rings is 1. The van der Waals surface area contributed by atoms with Crippen molar-refractivity contribution in [2.75, 3.05) is 12.4 Å². The molecule has 0 aliphatic rings. The molecule has 7 nitrogen and oxygen atoms in total. The minimum atomic E-state index is -1.22. The van der Waals surface area contributed by atoms with Crippen LogP contribution in [0.1, 0.15) is 0 Å². The highest BCUT2D eigenvalue weighted by atomic mass is 32.1. The molecule has 1 aromatic carbocycles. The van der Waals surface area contributed by atoms with Gasteiger partial charge in [0.05, 0.1) is 7.11 Å². The number of rotatable bonds is 4. The van der Waals surface area contributed by atoms with Gasteiger partial charge in [-0.1, -0.05) is 0 Å². The molecule has 0 aliphatic carbocycles. The number of carboxylic acids is 1. The number of hydrogen-bond donors (Lipinski definition) is 3. The number of aromatic amines is 1. The maximum absolute atomic E-state index is 11.8. The molecule has 1 amide bonds. The van der Waals surface area contributed by atoms with Crippen LogP contribution < -0.4 is 24.8 Å². The number of benzene rings is 1. The first kappa shape index (κ1) is 15.5. The summed E-state index contributed by atoms with van der Waals surface area (Å²) in [6.07, 6.45) is 1.98. The smallest absolute Gasteiger partial charge is 0.329 e. The lowest BCUT2D eigenvalue weighted by molar-refractivity contribution is -0.129. The molecule has 2 aromatic rings. The van der Waals surface area contributed by atoms with Crippen LogP contribution in [-0.4, -0.2) is 29.1 Å². The Morgan fingerprint density at radius 1 is 1.27 bits per heavy atom. The lowest BCUT2D eigenvalue weighted by Crippen LogP contribution is -2.21. The molecule has 8 heteroatoms. The van der Waals surface area contributed by atoms with Crippen LogP contribution in [0, 0.1) is 0 Å². The number of nitrogens with one attached hydrogen (secondary N) is 2. The SMILES string of the molecule is COc1ccc(NC(=O)C=c2[nH]c(=O)c(=CC(=O)O)s2)cc1. The number of ether oxygens (including phenoxy) is 1. The summed E-state index contributed by atoms with van der Waals surface area (Å²) >= 11 is 0.892. The van der Waals surface area contributed by atoms with E-state index in [1.165, 1.54) is 6.08 Å². The first-order valence-corrected chi connectivity index (χ1v) is 6.90. The minimum Gasteiger partial charge on any atom is -0.497 e. The second-order valence-corrected chi connectivity index (χ2v) is 5.21. The van der Waals surface area contributed by atoms with E-state index in [4.69, 9.17) is 9.84 Å². The van der Waals surface area contributed by atoms with Crippen LogP contribution in [0.2, 0.25) is 0 Å². The summed E-state index contributed by atoms with van der Waals surface area (Å²) in [5.41, 5.74) is 0.0224. The van der Waals surface area contributed by atoms with E-state index in [1.54, 1.807) is 31.4 Å². The minimum absolute atomic E-state index is 0.0241. The normalized spacial score (nSPS) is 12.2. The van der Waals surface area contributed by atoms with E-state index in [9.17, 15) is 14.4 Å². The van der Waals surface area contributed by atoms with Gasteiger partial charge in [-0.15, -0.1) is 11.3 Å². The average molecular weight is 320 g/mol. The first-order chi connectivity index (χ1) is 10.5. The second-order valence-electron chi connectivity index (χ2n) is 4.13. The van der Waals surface area contributed by atoms with Crippen LogP contribution in [0.3, 0.4) is 0 Å². The van der Waals surface area contributed by atoms with Crippen LogP contribution in [0.5, 0.6) is 5.75 Å². The van der Waals surface area contributed by atoms with Gasteiger partial charge >= 0.3 is 5.97 Å². The third kappa shape index (κ3) is 4.06. The van der Waals surface area contributed by atoms with Crippen molar-refractivity contribution >= 4 is 41.1 Å². The van der Waals surface area contributed by atoms with Gasteiger partial charge in [0, 0.05) is 17.8 Å². The fourth-order valence-electron chi connectivity index (χ4n) is 1.61. The summed E-state index contributed by atoms with van der Waals surface area (Å²) in [6.45, 7) is 0. The number of aliphatic carboxylic acids is 1. The van der Waals surface area contributed by atoms with Gasteiger partial charge in [-0.25, -0.2) is 4.79 Å². The highest BCUT2D eigenvalue weighted by Gasteiger charge is 2.01. The van der Waals surface area contributed by atoms with Crippen LogP contribution in [-0.2, 0) is 9.59 Å². The highest BCUT2D eigenvalue weighted by molar-refractivity contribution is 7.07. The van der Waals surface area contributed by atoms with E-state index in [2.05, 4.69) is 10.3 Å². The molecule has 0 saturated carbocycles. The summed E-state index contributed by atoms with van der Waals surface area (Å²) in [6, 6.07) is 6.74. The van der Waals surface area contributed by atoms with E-state index in [1.807, 2.05) is 0 Å². The number of H-pyrrole nitrogens is 1.